The van der Waals surface area contributed by atoms with E-state index < -0.39 is 0 Å². The number of nitrogens with one attached hydrogen (secondary N) is 1. The lowest BCUT2D eigenvalue weighted by molar-refractivity contribution is 0.0376. The number of thiazole rings is 1. The molecule has 0 saturated carbocycles. The molecule has 6 nitrogen and oxygen atoms in total. The number of hydrogen-bond acceptors (Lipinski definition) is 7. The Balaban J connectivity index is 1.52. The van der Waals surface area contributed by atoms with Crippen molar-refractivity contribution in [3.05, 3.63) is 29.2 Å². The highest BCUT2D eigenvalue weighted by Crippen LogP contribution is 2.33. The average Bonchev–Trinajstić information content (AvgIpc) is 3.15. The molecule has 1 atom stereocenters. The molecule has 2 aromatic heterocycles. The van der Waals surface area contributed by atoms with Crippen molar-refractivity contribution in [3.63, 3.8) is 0 Å². The van der Waals surface area contributed by atoms with Gasteiger partial charge in [0.05, 0.1) is 11.7 Å². The molecular weight excluding hydrogens is 346 g/mol. The van der Waals surface area contributed by atoms with E-state index in [2.05, 4.69) is 26.3 Å². The van der Waals surface area contributed by atoms with Crippen molar-refractivity contribution in [2.75, 3.05) is 31.6 Å². The monoisotopic (exact) mass is 373 g/mol. The van der Waals surface area contributed by atoms with Crippen molar-refractivity contribution in [3.8, 4) is 0 Å². The highest BCUT2D eigenvalue weighted by atomic mass is 32.1. The fourth-order valence-electron chi connectivity index (χ4n) is 4.03. The fourth-order valence-corrected chi connectivity index (χ4v) is 4.56. The highest BCUT2D eigenvalue weighted by molar-refractivity contribution is 7.13. The number of aromatic nitrogens is 3. The zero-order chi connectivity index (χ0) is 17.8. The van der Waals surface area contributed by atoms with Crippen LogP contribution < -0.4 is 5.32 Å². The lowest BCUT2D eigenvalue weighted by atomic mass is 9.94. The molecule has 2 aliphatic rings. The minimum atomic E-state index is 0.394. The number of likely N-dealkylation sites (tertiary alicyclic amines) is 1. The van der Waals surface area contributed by atoms with Crippen LogP contribution in [0.15, 0.2) is 17.6 Å². The smallest absolute Gasteiger partial charge is 0.188 e. The van der Waals surface area contributed by atoms with Crippen molar-refractivity contribution in [2.24, 2.45) is 5.92 Å². The molecule has 2 aliphatic heterocycles. The second kappa shape index (κ2) is 8.41. The van der Waals surface area contributed by atoms with Crippen LogP contribution in [0.3, 0.4) is 0 Å². The van der Waals surface area contributed by atoms with Crippen molar-refractivity contribution in [2.45, 2.75) is 45.1 Å². The number of rotatable bonds is 5. The number of ether oxygens (including phenoxy) is 1. The molecule has 0 aromatic carbocycles. The molecule has 4 rings (SSSR count). The zero-order valence-corrected chi connectivity index (χ0v) is 16.2. The number of anilines is 2. The number of hydrogen-bond donors (Lipinski definition) is 1. The lowest BCUT2D eigenvalue weighted by Crippen LogP contribution is -2.39. The second-order valence-corrected chi connectivity index (χ2v) is 8.14. The molecule has 0 amide bonds. The maximum Gasteiger partial charge on any atom is 0.188 e. The molecule has 1 N–H and O–H groups in total. The zero-order valence-electron chi connectivity index (χ0n) is 15.4. The summed E-state index contributed by atoms with van der Waals surface area (Å²) in [5, 5.41) is 6.16. The van der Waals surface area contributed by atoms with Crippen molar-refractivity contribution >= 4 is 22.3 Å². The van der Waals surface area contributed by atoms with Gasteiger partial charge in [0.15, 0.2) is 5.13 Å². The van der Waals surface area contributed by atoms with Gasteiger partial charge in [0.25, 0.3) is 0 Å². The first-order chi connectivity index (χ1) is 12.8. The molecule has 0 unspecified atom stereocenters. The third-order valence-electron chi connectivity index (χ3n) is 5.31. The van der Waals surface area contributed by atoms with Gasteiger partial charge >= 0.3 is 0 Å². The third-order valence-corrected chi connectivity index (χ3v) is 6.00. The molecule has 4 heterocycles. The first-order valence-corrected chi connectivity index (χ1v) is 10.5. The van der Waals surface area contributed by atoms with Gasteiger partial charge in [-0.05, 0) is 45.1 Å². The Bertz CT molecular complexity index is 702. The fraction of sp³-hybridized carbons (Fsp3) is 0.632. The Morgan fingerprint density at radius 1 is 1.23 bits per heavy atom. The summed E-state index contributed by atoms with van der Waals surface area (Å²) in [5.41, 5.74) is 1.14. The van der Waals surface area contributed by atoms with Gasteiger partial charge in [-0.25, -0.2) is 15.0 Å². The molecule has 26 heavy (non-hydrogen) atoms. The summed E-state index contributed by atoms with van der Waals surface area (Å²) >= 11 is 1.58. The predicted octanol–water partition coefficient (Wildman–Crippen LogP) is 3.94. The highest BCUT2D eigenvalue weighted by Gasteiger charge is 2.28. The second-order valence-electron chi connectivity index (χ2n) is 7.25. The normalized spacial score (nSPS) is 22.4. The molecule has 2 fully saturated rings. The van der Waals surface area contributed by atoms with Gasteiger partial charge < -0.3 is 10.1 Å². The largest absolute Gasteiger partial charge is 0.381 e. The lowest BCUT2D eigenvalue weighted by Gasteiger charge is -2.38. The van der Waals surface area contributed by atoms with Crippen LogP contribution in [0.2, 0.25) is 0 Å². The summed E-state index contributed by atoms with van der Waals surface area (Å²) in [5.74, 6) is 2.41. The van der Waals surface area contributed by atoms with Crippen LogP contribution in [0.1, 0.15) is 49.7 Å². The topological polar surface area (TPSA) is 63.2 Å². The molecule has 0 aliphatic carbocycles. The predicted molar refractivity (Wildman–Crippen MR) is 104 cm³/mol. The van der Waals surface area contributed by atoms with E-state index in [1.807, 2.05) is 12.3 Å². The van der Waals surface area contributed by atoms with E-state index in [-0.39, 0.29) is 0 Å². The molecule has 0 spiro atoms. The average molecular weight is 374 g/mol. The van der Waals surface area contributed by atoms with E-state index in [1.54, 1.807) is 17.5 Å². The summed E-state index contributed by atoms with van der Waals surface area (Å²) in [7, 11) is 0. The van der Waals surface area contributed by atoms with Crippen molar-refractivity contribution in [1.29, 1.82) is 0 Å². The minimum Gasteiger partial charge on any atom is -0.381 e. The summed E-state index contributed by atoms with van der Waals surface area (Å²) in [4.78, 5) is 16.3. The minimum absolute atomic E-state index is 0.394. The third kappa shape index (κ3) is 4.39. The van der Waals surface area contributed by atoms with Crippen LogP contribution in [0.25, 0.3) is 0 Å². The van der Waals surface area contributed by atoms with Crippen LogP contribution in [0, 0.1) is 12.8 Å². The Morgan fingerprint density at radius 3 is 2.92 bits per heavy atom. The Hall–Kier alpha value is -1.57. The van der Waals surface area contributed by atoms with Gasteiger partial charge in [-0.1, -0.05) is 6.42 Å². The summed E-state index contributed by atoms with van der Waals surface area (Å²) in [6.45, 7) is 6.13. The number of piperidine rings is 1. The van der Waals surface area contributed by atoms with Gasteiger partial charge in [-0.3, -0.25) is 4.90 Å². The van der Waals surface area contributed by atoms with Crippen LogP contribution in [0.5, 0.6) is 0 Å². The first kappa shape index (κ1) is 17.8. The summed E-state index contributed by atoms with van der Waals surface area (Å²) in [6, 6.07) is 2.51. The van der Waals surface area contributed by atoms with E-state index in [0.29, 0.717) is 6.04 Å². The van der Waals surface area contributed by atoms with Gasteiger partial charge in [0.1, 0.15) is 11.6 Å². The first-order valence-electron chi connectivity index (χ1n) is 9.62. The number of aryl methyl sites for hydroxylation is 1. The molecule has 0 radical (unpaired) electrons. The SMILES string of the molecule is Cc1nc(Nc2nccs2)cc([C@@H]2CCCCN2CC2CCOCC2)n1. The van der Waals surface area contributed by atoms with Gasteiger partial charge in [0, 0.05) is 37.4 Å². The Morgan fingerprint density at radius 2 is 2.12 bits per heavy atom. The van der Waals surface area contributed by atoms with E-state index in [0.717, 1.165) is 48.1 Å². The Labute approximate surface area is 159 Å². The molecular formula is C19H27N5OS. The molecule has 0 bridgehead atoms. The molecule has 2 aromatic rings. The Kier molecular flexibility index (Phi) is 5.77. The van der Waals surface area contributed by atoms with Gasteiger partial charge in [0.2, 0.25) is 0 Å². The van der Waals surface area contributed by atoms with E-state index in [1.165, 1.54) is 38.6 Å². The van der Waals surface area contributed by atoms with Gasteiger partial charge in [-0.15, -0.1) is 11.3 Å². The van der Waals surface area contributed by atoms with E-state index in [4.69, 9.17) is 9.72 Å². The van der Waals surface area contributed by atoms with Crippen LogP contribution in [-0.4, -0.2) is 46.2 Å². The van der Waals surface area contributed by atoms with Crippen LogP contribution in [-0.2, 0) is 4.74 Å². The summed E-state index contributed by atoms with van der Waals surface area (Å²) in [6.07, 6.45) is 7.90. The quantitative estimate of drug-likeness (QED) is 0.856. The van der Waals surface area contributed by atoms with Gasteiger partial charge in [-0.2, -0.15) is 0 Å². The van der Waals surface area contributed by atoms with Crippen LogP contribution in [0.4, 0.5) is 10.9 Å². The molecule has 140 valence electrons. The van der Waals surface area contributed by atoms with Crippen molar-refractivity contribution < 1.29 is 4.74 Å². The maximum atomic E-state index is 5.53. The van der Waals surface area contributed by atoms with E-state index in [9.17, 15) is 0 Å². The standard InChI is InChI=1S/C19H27N5OS/c1-14-21-16(12-18(22-14)23-19-20-7-11-26-19)17-4-2-3-8-24(17)13-15-5-9-25-10-6-15/h7,11-12,15,17H,2-6,8-10,13H2,1H3,(H,20,21,22,23)/t17-/m0/s1. The number of nitrogens with zero attached hydrogens (tertiary/aromatic N) is 4. The van der Waals surface area contributed by atoms with E-state index >= 15 is 0 Å². The maximum absolute atomic E-state index is 5.53. The summed E-state index contributed by atoms with van der Waals surface area (Å²) < 4.78 is 5.53. The molecule has 2 saturated heterocycles. The van der Waals surface area contributed by atoms with Crippen LogP contribution >= 0.6 is 11.3 Å². The molecule has 7 heteroatoms. The van der Waals surface area contributed by atoms with Crippen molar-refractivity contribution in [1.82, 2.24) is 19.9 Å².